The average Bonchev–Trinajstić information content (AvgIpc) is 2.81. The molecule has 1 atom stereocenters. The number of rotatable bonds is 8. The smallest absolute Gasteiger partial charge is 0.191 e. The minimum absolute atomic E-state index is 0.247. The molecule has 0 aromatic heterocycles. The van der Waals surface area contributed by atoms with E-state index in [9.17, 15) is 13.9 Å². The van der Waals surface area contributed by atoms with Crippen LogP contribution in [0.25, 0.3) is 0 Å². The lowest BCUT2D eigenvalue weighted by Crippen LogP contribution is -2.48. The van der Waals surface area contributed by atoms with Crippen molar-refractivity contribution in [2.24, 2.45) is 4.99 Å². The highest BCUT2D eigenvalue weighted by Gasteiger charge is 2.20. The number of methoxy groups -OCH3 is 1. The number of ether oxygens (including phenoxy) is 1. The monoisotopic (exact) mass is 446 g/mol. The number of hydrogen-bond donors (Lipinski definition) is 3. The molecule has 3 N–H and O–H groups in total. The molecule has 1 aliphatic heterocycles. The molecular formula is C24H32F2N4O2. The molecule has 2 aromatic rings. The van der Waals surface area contributed by atoms with Crippen molar-refractivity contribution in [2.45, 2.75) is 38.5 Å². The van der Waals surface area contributed by atoms with E-state index in [1.807, 2.05) is 31.2 Å². The molecule has 0 bridgehead atoms. The summed E-state index contributed by atoms with van der Waals surface area (Å²) in [5.74, 6) is -0.194. The van der Waals surface area contributed by atoms with Crippen molar-refractivity contribution < 1.29 is 18.6 Å². The molecule has 3 rings (SSSR count). The Morgan fingerprint density at radius 2 is 1.88 bits per heavy atom. The van der Waals surface area contributed by atoms with Crippen molar-refractivity contribution in [1.82, 2.24) is 15.5 Å². The summed E-state index contributed by atoms with van der Waals surface area (Å²) in [6.45, 7) is 5.28. The van der Waals surface area contributed by atoms with Gasteiger partial charge in [-0.25, -0.2) is 8.78 Å². The second-order valence-electron chi connectivity index (χ2n) is 7.95. The lowest BCUT2D eigenvalue weighted by Gasteiger charge is -2.33. The van der Waals surface area contributed by atoms with Gasteiger partial charge in [0, 0.05) is 32.2 Å². The van der Waals surface area contributed by atoms with Crippen LogP contribution in [0.3, 0.4) is 0 Å². The van der Waals surface area contributed by atoms with E-state index in [-0.39, 0.29) is 12.6 Å². The second kappa shape index (κ2) is 11.8. The molecule has 1 heterocycles. The van der Waals surface area contributed by atoms with E-state index in [1.54, 1.807) is 13.2 Å². The Hall–Kier alpha value is -2.71. The summed E-state index contributed by atoms with van der Waals surface area (Å²) in [4.78, 5) is 6.79. The number of aliphatic hydroxyl groups excluding tert-OH is 1. The largest absolute Gasteiger partial charge is 0.497 e. The summed E-state index contributed by atoms with van der Waals surface area (Å²) in [6, 6.07) is 11.6. The summed E-state index contributed by atoms with van der Waals surface area (Å²) in [5, 5.41) is 17.1. The van der Waals surface area contributed by atoms with Crippen LogP contribution in [-0.2, 0) is 6.54 Å². The maximum Gasteiger partial charge on any atom is 0.191 e. The molecule has 0 saturated carbocycles. The van der Waals surface area contributed by atoms with Crippen LogP contribution in [0.2, 0.25) is 0 Å². The lowest BCUT2D eigenvalue weighted by molar-refractivity contribution is 0.186. The van der Waals surface area contributed by atoms with Crippen molar-refractivity contribution in [2.75, 3.05) is 33.3 Å². The first-order valence-electron chi connectivity index (χ1n) is 11.0. The number of hydrogen-bond acceptors (Lipinski definition) is 4. The van der Waals surface area contributed by atoms with E-state index in [0.29, 0.717) is 12.5 Å². The Morgan fingerprint density at radius 1 is 1.16 bits per heavy atom. The Labute approximate surface area is 188 Å². The van der Waals surface area contributed by atoms with Gasteiger partial charge in [-0.3, -0.25) is 9.89 Å². The van der Waals surface area contributed by atoms with E-state index >= 15 is 0 Å². The highest BCUT2D eigenvalue weighted by atomic mass is 19.2. The van der Waals surface area contributed by atoms with Gasteiger partial charge in [-0.1, -0.05) is 18.2 Å². The minimum Gasteiger partial charge on any atom is -0.497 e. The van der Waals surface area contributed by atoms with Crippen LogP contribution in [0.1, 0.15) is 37.0 Å². The van der Waals surface area contributed by atoms with Crippen molar-refractivity contribution in [3.05, 3.63) is 65.2 Å². The van der Waals surface area contributed by atoms with Gasteiger partial charge in [0.2, 0.25) is 0 Å². The molecule has 2 aromatic carbocycles. The minimum atomic E-state index is -0.816. The molecule has 0 amide bonds. The normalized spacial score (nSPS) is 16.6. The summed E-state index contributed by atoms with van der Waals surface area (Å²) < 4.78 is 31.7. The van der Waals surface area contributed by atoms with E-state index in [1.165, 1.54) is 12.1 Å². The van der Waals surface area contributed by atoms with Gasteiger partial charge >= 0.3 is 0 Å². The van der Waals surface area contributed by atoms with Gasteiger partial charge in [0.15, 0.2) is 17.6 Å². The molecule has 1 fully saturated rings. The molecule has 0 spiro atoms. The molecule has 0 aliphatic carbocycles. The second-order valence-corrected chi connectivity index (χ2v) is 7.95. The lowest BCUT2D eigenvalue weighted by atomic mass is 10.0. The average molecular weight is 447 g/mol. The maximum atomic E-state index is 13.4. The molecular weight excluding hydrogens is 414 g/mol. The van der Waals surface area contributed by atoms with Gasteiger partial charge in [0.1, 0.15) is 5.75 Å². The van der Waals surface area contributed by atoms with Gasteiger partial charge in [0.05, 0.1) is 19.8 Å². The third kappa shape index (κ3) is 6.90. The Bertz CT molecular complexity index is 884. The number of nitrogens with one attached hydrogen (secondary N) is 2. The summed E-state index contributed by atoms with van der Waals surface area (Å²) in [7, 11) is 1.61. The number of aliphatic imine (C=N–C) groups is 1. The van der Waals surface area contributed by atoms with Crippen LogP contribution < -0.4 is 15.4 Å². The van der Waals surface area contributed by atoms with Crippen LogP contribution in [0, 0.1) is 11.6 Å². The number of halogens is 2. The van der Waals surface area contributed by atoms with Crippen LogP contribution in [0.5, 0.6) is 5.75 Å². The maximum absolute atomic E-state index is 13.4. The van der Waals surface area contributed by atoms with Crippen LogP contribution >= 0.6 is 0 Å². The van der Waals surface area contributed by atoms with Crippen molar-refractivity contribution >= 4 is 5.96 Å². The number of piperidine rings is 1. The SMILES string of the molecule is CCNC(=NCC(O)c1ccc(OC)cc1)NC1CCN(Cc2ccc(F)c(F)c2)CC1. The fourth-order valence-corrected chi connectivity index (χ4v) is 3.75. The first-order chi connectivity index (χ1) is 15.5. The van der Waals surface area contributed by atoms with Gasteiger partial charge in [-0.15, -0.1) is 0 Å². The zero-order valence-corrected chi connectivity index (χ0v) is 18.7. The van der Waals surface area contributed by atoms with Gasteiger partial charge in [0.25, 0.3) is 0 Å². The number of aliphatic hydroxyl groups is 1. The predicted molar refractivity (Wildman–Crippen MR) is 122 cm³/mol. The quantitative estimate of drug-likeness (QED) is 0.429. The van der Waals surface area contributed by atoms with Crippen molar-refractivity contribution in [1.29, 1.82) is 0 Å². The van der Waals surface area contributed by atoms with E-state index in [0.717, 1.165) is 49.4 Å². The number of benzene rings is 2. The number of nitrogens with zero attached hydrogens (tertiary/aromatic N) is 2. The van der Waals surface area contributed by atoms with Gasteiger partial charge in [-0.2, -0.15) is 0 Å². The first-order valence-corrected chi connectivity index (χ1v) is 11.0. The van der Waals surface area contributed by atoms with Crippen molar-refractivity contribution in [3.8, 4) is 5.75 Å². The van der Waals surface area contributed by atoms with Crippen LogP contribution in [0.15, 0.2) is 47.5 Å². The Morgan fingerprint density at radius 3 is 2.50 bits per heavy atom. The third-order valence-corrected chi connectivity index (χ3v) is 5.59. The van der Waals surface area contributed by atoms with Gasteiger partial charge < -0.3 is 20.5 Å². The highest BCUT2D eigenvalue weighted by molar-refractivity contribution is 5.80. The van der Waals surface area contributed by atoms with Gasteiger partial charge in [-0.05, 0) is 55.2 Å². The van der Waals surface area contributed by atoms with Crippen LogP contribution in [-0.4, -0.2) is 55.3 Å². The first kappa shape index (κ1) is 23.9. The molecule has 1 saturated heterocycles. The summed E-state index contributed by atoms with van der Waals surface area (Å²) in [6.07, 6.45) is 1.12. The molecule has 174 valence electrons. The molecule has 0 radical (unpaired) electrons. The van der Waals surface area contributed by atoms with E-state index in [2.05, 4.69) is 20.5 Å². The molecule has 6 nitrogen and oxygen atoms in total. The zero-order valence-electron chi connectivity index (χ0n) is 18.7. The van der Waals surface area contributed by atoms with E-state index < -0.39 is 17.7 Å². The fraction of sp³-hybridized carbons (Fsp3) is 0.458. The van der Waals surface area contributed by atoms with E-state index in [4.69, 9.17) is 4.74 Å². The third-order valence-electron chi connectivity index (χ3n) is 5.59. The standard InChI is InChI=1S/C24H32F2N4O2/c1-3-27-24(28-15-23(31)18-5-7-20(32-2)8-6-18)29-19-10-12-30(13-11-19)16-17-4-9-21(25)22(26)14-17/h4-9,14,19,23,31H,3,10-13,15-16H2,1-2H3,(H2,27,28,29). The molecule has 1 aliphatic rings. The predicted octanol–water partition coefficient (Wildman–Crippen LogP) is 3.23. The summed E-state index contributed by atoms with van der Waals surface area (Å²) >= 11 is 0. The Kier molecular flexibility index (Phi) is 8.81. The Balaban J connectivity index is 1.49. The zero-order chi connectivity index (χ0) is 22.9. The van der Waals surface area contributed by atoms with Crippen LogP contribution in [0.4, 0.5) is 8.78 Å². The highest BCUT2D eigenvalue weighted by Crippen LogP contribution is 2.18. The molecule has 32 heavy (non-hydrogen) atoms. The molecule has 1 unspecified atom stereocenters. The topological polar surface area (TPSA) is 69.1 Å². The summed E-state index contributed by atoms with van der Waals surface area (Å²) in [5.41, 5.74) is 1.56. The van der Waals surface area contributed by atoms with Crippen molar-refractivity contribution in [3.63, 3.8) is 0 Å². The fourth-order valence-electron chi connectivity index (χ4n) is 3.75. The molecule has 8 heteroatoms. The number of guanidine groups is 1. The number of likely N-dealkylation sites (tertiary alicyclic amines) is 1.